The monoisotopic (exact) mass is 247 g/mol. The minimum atomic E-state index is -0.0641. The molecule has 0 aliphatic carbocycles. The van der Waals surface area contributed by atoms with Gasteiger partial charge in [0.2, 0.25) is 0 Å². The molecular formula is C14H21N3O. The average molecular weight is 247 g/mol. The lowest BCUT2D eigenvalue weighted by atomic mass is 10.1. The van der Waals surface area contributed by atoms with Gasteiger partial charge in [0.25, 0.3) is 5.91 Å². The van der Waals surface area contributed by atoms with Crippen LogP contribution in [0.5, 0.6) is 0 Å². The van der Waals surface area contributed by atoms with E-state index in [4.69, 9.17) is 5.73 Å². The van der Waals surface area contributed by atoms with E-state index in [9.17, 15) is 4.79 Å². The van der Waals surface area contributed by atoms with Crippen LogP contribution in [0.4, 0.5) is 5.69 Å². The summed E-state index contributed by atoms with van der Waals surface area (Å²) in [6.07, 6.45) is 1.15. The first kappa shape index (κ1) is 12.9. The summed E-state index contributed by atoms with van der Waals surface area (Å²) in [5, 5.41) is 2.98. The number of benzene rings is 1. The Bertz CT molecular complexity index is 445. The number of aryl methyl sites for hydroxylation is 1. The molecule has 1 aromatic carbocycles. The Hall–Kier alpha value is -1.55. The van der Waals surface area contributed by atoms with Gasteiger partial charge in [-0.15, -0.1) is 0 Å². The van der Waals surface area contributed by atoms with Crippen LogP contribution in [0.2, 0.25) is 0 Å². The van der Waals surface area contributed by atoms with Crippen LogP contribution in [0.25, 0.3) is 0 Å². The fourth-order valence-corrected chi connectivity index (χ4v) is 2.39. The van der Waals surface area contributed by atoms with E-state index < -0.39 is 0 Å². The van der Waals surface area contributed by atoms with Gasteiger partial charge < -0.3 is 16.0 Å². The predicted octanol–water partition coefficient (Wildman–Crippen LogP) is 1.26. The van der Waals surface area contributed by atoms with Crippen LogP contribution >= 0.6 is 0 Å². The fraction of sp³-hybridized carbons (Fsp3) is 0.500. The van der Waals surface area contributed by atoms with Crippen LogP contribution < -0.4 is 11.1 Å². The maximum Gasteiger partial charge on any atom is 0.253 e. The molecule has 98 valence electrons. The van der Waals surface area contributed by atoms with Crippen molar-refractivity contribution >= 4 is 11.6 Å². The van der Waals surface area contributed by atoms with Gasteiger partial charge in [-0.05, 0) is 45.0 Å². The summed E-state index contributed by atoms with van der Waals surface area (Å²) in [5.74, 6) is 0.496. The number of anilines is 1. The number of rotatable bonds is 3. The molecule has 18 heavy (non-hydrogen) atoms. The zero-order valence-electron chi connectivity index (χ0n) is 11.1. The first-order chi connectivity index (χ1) is 8.56. The van der Waals surface area contributed by atoms with Crippen molar-refractivity contribution in [3.05, 3.63) is 29.3 Å². The minimum absolute atomic E-state index is 0.0641. The van der Waals surface area contributed by atoms with Crippen molar-refractivity contribution in [2.75, 3.05) is 32.4 Å². The van der Waals surface area contributed by atoms with Gasteiger partial charge in [-0.1, -0.05) is 11.6 Å². The van der Waals surface area contributed by atoms with Gasteiger partial charge in [0.05, 0.1) is 5.56 Å². The maximum atomic E-state index is 12.1. The molecule has 0 bridgehead atoms. The first-order valence-corrected chi connectivity index (χ1v) is 6.39. The number of nitrogen functional groups attached to an aromatic ring is 1. The van der Waals surface area contributed by atoms with Crippen molar-refractivity contribution in [2.24, 2.45) is 5.92 Å². The predicted molar refractivity (Wildman–Crippen MR) is 73.5 cm³/mol. The third-order valence-corrected chi connectivity index (χ3v) is 3.49. The van der Waals surface area contributed by atoms with E-state index in [1.807, 2.05) is 19.1 Å². The molecule has 1 aliphatic heterocycles. The summed E-state index contributed by atoms with van der Waals surface area (Å²) in [6, 6.07) is 5.54. The third-order valence-electron chi connectivity index (χ3n) is 3.49. The van der Waals surface area contributed by atoms with Gasteiger partial charge in [0.15, 0.2) is 0 Å². The Kier molecular flexibility index (Phi) is 3.87. The second-order valence-corrected chi connectivity index (χ2v) is 5.22. The number of hydrogen-bond donors (Lipinski definition) is 2. The van der Waals surface area contributed by atoms with E-state index in [1.54, 1.807) is 6.07 Å². The number of amides is 1. The minimum Gasteiger partial charge on any atom is -0.398 e. The Balaban J connectivity index is 1.93. The molecule has 0 spiro atoms. The molecule has 1 unspecified atom stereocenters. The lowest BCUT2D eigenvalue weighted by Gasteiger charge is -2.13. The van der Waals surface area contributed by atoms with Crippen LogP contribution in [0.1, 0.15) is 22.3 Å². The highest BCUT2D eigenvalue weighted by Gasteiger charge is 2.20. The SMILES string of the molecule is Cc1ccc(N)c(C(=O)NCC2CCN(C)C2)c1. The van der Waals surface area contributed by atoms with Crippen LogP contribution in [0.3, 0.4) is 0 Å². The largest absolute Gasteiger partial charge is 0.398 e. The number of nitrogens with one attached hydrogen (secondary N) is 1. The second kappa shape index (κ2) is 5.40. The summed E-state index contributed by atoms with van der Waals surface area (Å²) in [4.78, 5) is 14.3. The van der Waals surface area contributed by atoms with E-state index in [1.165, 1.54) is 0 Å². The van der Waals surface area contributed by atoms with Gasteiger partial charge in [-0.3, -0.25) is 4.79 Å². The Morgan fingerprint density at radius 3 is 3.00 bits per heavy atom. The molecule has 1 atom stereocenters. The molecule has 4 nitrogen and oxygen atoms in total. The molecule has 1 heterocycles. The molecule has 4 heteroatoms. The quantitative estimate of drug-likeness (QED) is 0.791. The van der Waals surface area contributed by atoms with Crippen LogP contribution in [0.15, 0.2) is 18.2 Å². The van der Waals surface area contributed by atoms with E-state index >= 15 is 0 Å². The van der Waals surface area contributed by atoms with Crippen LogP contribution in [-0.4, -0.2) is 37.5 Å². The Morgan fingerprint density at radius 2 is 2.33 bits per heavy atom. The normalized spacial score (nSPS) is 20.0. The molecule has 0 saturated carbocycles. The smallest absolute Gasteiger partial charge is 0.253 e. The van der Waals surface area contributed by atoms with Crippen molar-refractivity contribution < 1.29 is 4.79 Å². The summed E-state index contributed by atoms with van der Waals surface area (Å²) >= 11 is 0. The molecule has 0 radical (unpaired) electrons. The maximum absolute atomic E-state index is 12.1. The van der Waals surface area contributed by atoms with E-state index in [-0.39, 0.29) is 5.91 Å². The molecular weight excluding hydrogens is 226 g/mol. The third kappa shape index (κ3) is 3.01. The van der Waals surface area contributed by atoms with Crippen molar-refractivity contribution in [3.63, 3.8) is 0 Å². The Labute approximate surface area is 108 Å². The topological polar surface area (TPSA) is 58.4 Å². The number of carbonyl (C=O) groups is 1. The summed E-state index contributed by atoms with van der Waals surface area (Å²) < 4.78 is 0. The van der Waals surface area contributed by atoms with Gasteiger partial charge in [0, 0.05) is 18.8 Å². The van der Waals surface area contributed by atoms with Gasteiger partial charge >= 0.3 is 0 Å². The zero-order chi connectivity index (χ0) is 13.1. The second-order valence-electron chi connectivity index (χ2n) is 5.22. The van der Waals surface area contributed by atoms with Crippen molar-refractivity contribution in [1.29, 1.82) is 0 Å². The van der Waals surface area contributed by atoms with Crippen LogP contribution in [0, 0.1) is 12.8 Å². The van der Waals surface area contributed by atoms with Crippen LogP contribution in [-0.2, 0) is 0 Å². The molecule has 2 rings (SSSR count). The first-order valence-electron chi connectivity index (χ1n) is 6.39. The van der Waals surface area contributed by atoms with Gasteiger partial charge in [0.1, 0.15) is 0 Å². The number of nitrogens with two attached hydrogens (primary N) is 1. The molecule has 1 fully saturated rings. The summed E-state index contributed by atoms with van der Waals surface area (Å²) in [5.41, 5.74) is 8.01. The van der Waals surface area contributed by atoms with Gasteiger partial charge in [-0.25, -0.2) is 0 Å². The molecule has 3 N–H and O–H groups in total. The fourth-order valence-electron chi connectivity index (χ4n) is 2.39. The van der Waals surface area contributed by atoms with Crippen molar-refractivity contribution in [3.8, 4) is 0 Å². The molecule has 1 aromatic rings. The standard InChI is InChI=1S/C14H21N3O/c1-10-3-4-13(15)12(7-10)14(18)16-8-11-5-6-17(2)9-11/h3-4,7,11H,5-6,8-9,15H2,1-2H3,(H,16,18). The molecule has 1 saturated heterocycles. The van der Waals surface area contributed by atoms with E-state index in [0.29, 0.717) is 17.2 Å². The molecule has 0 aromatic heterocycles. The van der Waals surface area contributed by atoms with Gasteiger partial charge in [-0.2, -0.15) is 0 Å². The zero-order valence-corrected chi connectivity index (χ0v) is 11.1. The average Bonchev–Trinajstić information content (AvgIpc) is 2.75. The summed E-state index contributed by atoms with van der Waals surface area (Å²) in [6.45, 7) is 4.87. The lowest BCUT2D eigenvalue weighted by molar-refractivity contribution is 0.0948. The lowest BCUT2D eigenvalue weighted by Crippen LogP contribution is -2.31. The van der Waals surface area contributed by atoms with E-state index in [0.717, 1.165) is 31.6 Å². The van der Waals surface area contributed by atoms with Crippen molar-refractivity contribution in [2.45, 2.75) is 13.3 Å². The summed E-state index contributed by atoms with van der Waals surface area (Å²) in [7, 11) is 2.11. The highest BCUT2D eigenvalue weighted by atomic mass is 16.1. The number of carbonyl (C=O) groups excluding carboxylic acids is 1. The molecule has 1 aliphatic rings. The number of likely N-dealkylation sites (tertiary alicyclic amines) is 1. The highest BCUT2D eigenvalue weighted by Crippen LogP contribution is 2.15. The van der Waals surface area contributed by atoms with E-state index in [2.05, 4.69) is 17.3 Å². The Morgan fingerprint density at radius 1 is 1.56 bits per heavy atom. The number of nitrogens with zero attached hydrogens (tertiary/aromatic N) is 1. The number of hydrogen-bond acceptors (Lipinski definition) is 3. The molecule has 1 amide bonds. The highest BCUT2D eigenvalue weighted by molar-refractivity contribution is 5.99. The van der Waals surface area contributed by atoms with Crippen molar-refractivity contribution in [1.82, 2.24) is 10.2 Å².